The van der Waals surface area contributed by atoms with Crippen LogP contribution >= 0.6 is 11.8 Å². The standard InChI is InChI=1S/C29H25N5OS/c1-20-6-5-8-25(18-20)31-28(35)24-12-10-22(11-13-24)19-36-29-33-32-27(23-14-16-30-17-15-23)34(29)26-9-4-3-7-21(26)2/h3-18H,19H2,1-2H3,(H,31,35). The molecule has 2 heterocycles. The number of pyridine rings is 1. The van der Waals surface area contributed by atoms with Crippen molar-refractivity contribution < 1.29 is 4.79 Å². The SMILES string of the molecule is Cc1cccc(NC(=O)c2ccc(CSc3nnc(-c4ccncc4)n3-c3ccccc3C)cc2)c1. The van der Waals surface area contributed by atoms with Gasteiger partial charge in [0.15, 0.2) is 11.0 Å². The van der Waals surface area contributed by atoms with Crippen molar-refractivity contribution in [1.29, 1.82) is 0 Å². The number of carbonyl (C=O) groups is 1. The largest absolute Gasteiger partial charge is 0.322 e. The third kappa shape index (κ3) is 5.21. The summed E-state index contributed by atoms with van der Waals surface area (Å²) in [4.78, 5) is 16.8. The Bertz CT molecular complexity index is 1500. The number of hydrogen-bond donors (Lipinski definition) is 1. The van der Waals surface area contributed by atoms with Crippen LogP contribution in [0.25, 0.3) is 17.1 Å². The average molecular weight is 492 g/mol. The van der Waals surface area contributed by atoms with Gasteiger partial charge in [0.1, 0.15) is 0 Å². The number of anilines is 1. The van der Waals surface area contributed by atoms with E-state index in [1.165, 1.54) is 0 Å². The maximum Gasteiger partial charge on any atom is 0.255 e. The van der Waals surface area contributed by atoms with Crippen LogP contribution in [0.5, 0.6) is 0 Å². The van der Waals surface area contributed by atoms with Crippen LogP contribution in [-0.2, 0) is 5.75 Å². The molecule has 1 amide bonds. The number of hydrogen-bond acceptors (Lipinski definition) is 5. The molecule has 0 bridgehead atoms. The number of aryl methyl sites for hydroxylation is 2. The minimum Gasteiger partial charge on any atom is -0.322 e. The predicted octanol–water partition coefficient (Wildman–Crippen LogP) is 6.49. The van der Waals surface area contributed by atoms with Gasteiger partial charge in [-0.3, -0.25) is 14.3 Å². The molecular weight excluding hydrogens is 466 g/mol. The smallest absolute Gasteiger partial charge is 0.255 e. The number of aromatic nitrogens is 4. The van der Waals surface area contributed by atoms with Gasteiger partial charge < -0.3 is 5.32 Å². The molecule has 7 heteroatoms. The first-order valence-electron chi connectivity index (χ1n) is 11.6. The number of thioether (sulfide) groups is 1. The summed E-state index contributed by atoms with van der Waals surface area (Å²) in [7, 11) is 0. The van der Waals surface area contributed by atoms with Gasteiger partial charge in [-0.25, -0.2) is 0 Å². The van der Waals surface area contributed by atoms with Crippen molar-refractivity contribution in [1.82, 2.24) is 19.7 Å². The third-order valence-corrected chi connectivity index (χ3v) is 6.79. The average Bonchev–Trinajstić information content (AvgIpc) is 3.32. The lowest BCUT2D eigenvalue weighted by atomic mass is 10.1. The molecule has 5 rings (SSSR count). The lowest BCUT2D eigenvalue weighted by Crippen LogP contribution is -2.11. The number of nitrogens with zero attached hydrogens (tertiary/aromatic N) is 4. The Labute approximate surface area is 214 Å². The molecule has 5 aromatic rings. The summed E-state index contributed by atoms with van der Waals surface area (Å²) in [5.41, 5.74) is 6.74. The Morgan fingerprint density at radius 3 is 2.42 bits per heavy atom. The quantitative estimate of drug-likeness (QED) is 0.263. The van der Waals surface area contributed by atoms with Crippen LogP contribution in [-0.4, -0.2) is 25.7 Å². The highest BCUT2D eigenvalue weighted by molar-refractivity contribution is 7.98. The molecule has 0 saturated heterocycles. The summed E-state index contributed by atoms with van der Waals surface area (Å²) in [5, 5.41) is 12.8. The topological polar surface area (TPSA) is 72.7 Å². The first-order valence-corrected chi connectivity index (χ1v) is 12.6. The van der Waals surface area contributed by atoms with Crippen molar-refractivity contribution in [2.75, 3.05) is 5.32 Å². The van der Waals surface area contributed by atoms with E-state index in [4.69, 9.17) is 0 Å². The molecule has 36 heavy (non-hydrogen) atoms. The zero-order valence-electron chi connectivity index (χ0n) is 20.1. The Hall–Kier alpha value is -4.23. The van der Waals surface area contributed by atoms with Gasteiger partial charge in [-0.1, -0.05) is 54.2 Å². The second-order valence-electron chi connectivity index (χ2n) is 8.47. The summed E-state index contributed by atoms with van der Waals surface area (Å²) < 4.78 is 2.10. The fourth-order valence-corrected chi connectivity index (χ4v) is 4.81. The molecule has 0 aliphatic rings. The molecule has 3 aromatic carbocycles. The normalized spacial score (nSPS) is 10.8. The molecule has 2 aromatic heterocycles. The monoisotopic (exact) mass is 491 g/mol. The fourth-order valence-electron chi connectivity index (χ4n) is 3.91. The molecule has 0 unspecified atom stereocenters. The van der Waals surface area contributed by atoms with Crippen LogP contribution in [0.15, 0.2) is 102 Å². The maximum absolute atomic E-state index is 12.6. The predicted molar refractivity (Wildman–Crippen MR) is 144 cm³/mol. The van der Waals surface area contributed by atoms with E-state index in [9.17, 15) is 4.79 Å². The number of amides is 1. The van der Waals surface area contributed by atoms with Crippen LogP contribution in [0, 0.1) is 13.8 Å². The van der Waals surface area contributed by atoms with Gasteiger partial charge in [0.2, 0.25) is 0 Å². The number of carbonyl (C=O) groups excluding carboxylic acids is 1. The second kappa shape index (κ2) is 10.6. The van der Waals surface area contributed by atoms with Crippen LogP contribution in [0.4, 0.5) is 5.69 Å². The number of nitrogens with one attached hydrogen (secondary N) is 1. The molecule has 0 aliphatic heterocycles. The van der Waals surface area contributed by atoms with Gasteiger partial charge in [-0.2, -0.15) is 0 Å². The van der Waals surface area contributed by atoms with Crippen molar-refractivity contribution in [2.24, 2.45) is 0 Å². The molecule has 0 spiro atoms. The minimum atomic E-state index is -0.124. The van der Waals surface area contributed by atoms with Gasteiger partial charge in [-0.05, 0) is 73.0 Å². The van der Waals surface area contributed by atoms with E-state index in [1.54, 1.807) is 24.2 Å². The highest BCUT2D eigenvalue weighted by Crippen LogP contribution is 2.31. The summed E-state index contributed by atoms with van der Waals surface area (Å²) >= 11 is 1.61. The molecule has 6 nitrogen and oxygen atoms in total. The zero-order valence-corrected chi connectivity index (χ0v) is 20.9. The lowest BCUT2D eigenvalue weighted by molar-refractivity contribution is 0.102. The van der Waals surface area contributed by atoms with E-state index in [1.807, 2.05) is 79.7 Å². The van der Waals surface area contributed by atoms with Gasteiger partial charge in [-0.15, -0.1) is 10.2 Å². The van der Waals surface area contributed by atoms with E-state index < -0.39 is 0 Å². The molecule has 0 aliphatic carbocycles. The maximum atomic E-state index is 12.6. The molecule has 0 fully saturated rings. The van der Waals surface area contributed by atoms with Crippen LogP contribution in [0.2, 0.25) is 0 Å². The van der Waals surface area contributed by atoms with Crippen LogP contribution < -0.4 is 5.32 Å². The Morgan fingerprint density at radius 1 is 0.889 bits per heavy atom. The summed E-state index contributed by atoms with van der Waals surface area (Å²) in [6.45, 7) is 4.09. The van der Waals surface area contributed by atoms with Gasteiger partial charge >= 0.3 is 0 Å². The van der Waals surface area contributed by atoms with E-state index in [0.717, 1.165) is 44.6 Å². The van der Waals surface area contributed by atoms with Gasteiger partial charge in [0, 0.05) is 35.0 Å². The minimum absolute atomic E-state index is 0.124. The van der Waals surface area contributed by atoms with E-state index >= 15 is 0 Å². The summed E-state index contributed by atoms with van der Waals surface area (Å²) in [6, 6.07) is 27.5. The molecule has 0 saturated carbocycles. The van der Waals surface area contributed by atoms with Crippen molar-refractivity contribution in [2.45, 2.75) is 24.8 Å². The summed E-state index contributed by atoms with van der Waals surface area (Å²) in [5.74, 6) is 1.35. The summed E-state index contributed by atoms with van der Waals surface area (Å²) in [6.07, 6.45) is 3.52. The second-order valence-corrected chi connectivity index (χ2v) is 9.42. The zero-order chi connectivity index (χ0) is 24.9. The van der Waals surface area contributed by atoms with E-state index in [0.29, 0.717) is 11.3 Å². The molecule has 0 radical (unpaired) electrons. The Kier molecular flexibility index (Phi) is 6.91. The van der Waals surface area contributed by atoms with Gasteiger partial charge in [0.25, 0.3) is 5.91 Å². The van der Waals surface area contributed by atoms with E-state index in [2.05, 4.69) is 44.1 Å². The number of benzene rings is 3. The van der Waals surface area contributed by atoms with Crippen molar-refractivity contribution in [3.63, 3.8) is 0 Å². The van der Waals surface area contributed by atoms with Crippen LogP contribution in [0.3, 0.4) is 0 Å². The fraction of sp³-hybridized carbons (Fsp3) is 0.103. The number of para-hydroxylation sites is 1. The Balaban J connectivity index is 1.35. The highest BCUT2D eigenvalue weighted by Gasteiger charge is 2.17. The van der Waals surface area contributed by atoms with Crippen molar-refractivity contribution >= 4 is 23.4 Å². The van der Waals surface area contributed by atoms with E-state index in [-0.39, 0.29) is 5.91 Å². The number of rotatable bonds is 7. The molecular formula is C29H25N5OS. The van der Waals surface area contributed by atoms with Gasteiger partial charge in [0.05, 0.1) is 5.69 Å². The Morgan fingerprint density at radius 2 is 1.67 bits per heavy atom. The van der Waals surface area contributed by atoms with Crippen LogP contribution in [0.1, 0.15) is 27.0 Å². The first kappa shape index (κ1) is 23.5. The lowest BCUT2D eigenvalue weighted by Gasteiger charge is -2.13. The van der Waals surface area contributed by atoms with Crippen molar-refractivity contribution in [3.05, 3.63) is 120 Å². The molecule has 178 valence electrons. The third-order valence-electron chi connectivity index (χ3n) is 5.79. The first-order chi connectivity index (χ1) is 17.6. The molecule has 1 N–H and O–H groups in total. The molecule has 0 atom stereocenters. The van der Waals surface area contributed by atoms with Crippen molar-refractivity contribution in [3.8, 4) is 17.1 Å². The highest BCUT2D eigenvalue weighted by atomic mass is 32.2.